The van der Waals surface area contributed by atoms with Crippen LogP contribution in [-0.4, -0.2) is 26.1 Å². The number of aryl methyl sites for hydroxylation is 1. The molecule has 0 atom stereocenters. The van der Waals surface area contributed by atoms with Crippen LogP contribution < -0.4 is 16.4 Å². The molecule has 2 heterocycles. The van der Waals surface area contributed by atoms with Crippen LogP contribution in [0.4, 0.5) is 10.8 Å². The molecule has 4 N–H and O–H groups in total. The fourth-order valence-electron chi connectivity index (χ4n) is 2.02. The highest BCUT2D eigenvalue weighted by Gasteiger charge is 2.27. The third-order valence-corrected chi connectivity index (χ3v) is 4.45. The standard InChI is InChI=1S/C13H18N6OS/c1-7-8(6-16-19(7)2)5-15-13-10(11(14)18-21-13)12(20)17-9-3-4-9/h6,9,15H,3-5H2,1-2H3,(H2,14,18)(H,17,20). The Balaban J connectivity index is 1.73. The van der Waals surface area contributed by atoms with Gasteiger partial charge in [0.25, 0.3) is 5.91 Å². The maximum atomic E-state index is 12.2. The van der Waals surface area contributed by atoms with E-state index in [0.717, 1.165) is 24.1 Å². The van der Waals surface area contributed by atoms with Crippen molar-refractivity contribution in [2.75, 3.05) is 11.1 Å². The van der Waals surface area contributed by atoms with E-state index >= 15 is 0 Å². The zero-order valence-electron chi connectivity index (χ0n) is 12.0. The third-order valence-electron chi connectivity index (χ3n) is 3.63. The molecule has 0 aliphatic heterocycles. The molecule has 0 saturated heterocycles. The molecule has 1 fully saturated rings. The summed E-state index contributed by atoms with van der Waals surface area (Å²) < 4.78 is 5.90. The van der Waals surface area contributed by atoms with Crippen LogP contribution in [0.2, 0.25) is 0 Å². The molecule has 8 heteroatoms. The van der Waals surface area contributed by atoms with E-state index in [9.17, 15) is 4.79 Å². The number of nitrogens with one attached hydrogen (secondary N) is 2. The summed E-state index contributed by atoms with van der Waals surface area (Å²) in [6.07, 6.45) is 3.90. The van der Waals surface area contributed by atoms with Gasteiger partial charge in [0.2, 0.25) is 0 Å². The lowest BCUT2D eigenvalue weighted by atomic mass is 10.2. The molecular weight excluding hydrogens is 288 g/mol. The summed E-state index contributed by atoms with van der Waals surface area (Å²) in [7, 11) is 1.90. The minimum atomic E-state index is -0.144. The first-order valence-corrected chi connectivity index (χ1v) is 7.61. The van der Waals surface area contributed by atoms with Crippen molar-refractivity contribution >= 4 is 28.3 Å². The molecule has 1 amide bonds. The van der Waals surface area contributed by atoms with E-state index in [2.05, 4.69) is 20.1 Å². The first kappa shape index (κ1) is 13.9. The van der Waals surface area contributed by atoms with E-state index < -0.39 is 0 Å². The lowest BCUT2D eigenvalue weighted by Gasteiger charge is -2.07. The van der Waals surface area contributed by atoms with Gasteiger partial charge in [-0.25, -0.2) is 0 Å². The number of aromatic nitrogens is 3. The summed E-state index contributed by atoms with van der Waals surface area (Å²) in [6.45, 7) is 2.59. The monoisotopic (exact) mass is 306 g/mol. The topological polar surface area (TPSA) is 97.9 Å². The maximum absolute atomic E-state index is 12.2. The van der Waals surface area contributed by atoms with E-state index in [4.69, 9.17) is 5.73 Å². The molecule has 21 heavy (non-hydrogen) atoms. The number of anilines is 2. The van der Waals surface area contributed by atoms with Gasteiger partial charge in [-0.15, -0.1) is 0 Å². The average Bonchev–Trinajstić information content (AvgIpc) is 3.10. The summed E-state index contributed by atoms with van der Waals surface area (Å²) in [5, 5.41) is 11.1. The molecule has 2 aromatic heterocycles. The Hall–Kier alpha value is -2.09. The molecule has 0 spiro atoms. The van der Waals surface area contributed by atoms with Gasteiger partial charge >= 0.3 is 0 Å². The molecule has 0 bridgehead atoms. The molecule has 1 aliphatic carbocycles. The van der Waals surface area contributed by atoms with E-state index in [0.29, 0.717) is 23.2 Å². The second-order valence-corrected chi connectivity index (χ2v) is 6.03. The van der Waals surface area contributed by atoms with Crippen LogP contribution in [0.25, 0.3) is 0 Å². The van der Waals surface area contributed by atoms with Crippen molar-refractivity contribution < 1.29 is 4.79 Å². The summed E-state index contributed by atoms with van der Waals surface area (Å²) in [4.78, 5) is 12.2. The molecule has 0 unspecified atom stereocenters. The Morgan fingerprint density at radius 3 is 2.95 bits per heavy atom. The van der Waals surface area contributed by atoms with Gasteiger partial charge in [-0.05, 0) is 31.3 Å². The SMILES string of the molecule is Cc1c(CNc2snc(N)c2C(=O)NC2CC2)cnn1C. The van der Waals surface area contributed by atoms with Gasteiger partial charge in [-0.2, -0.15) is 9.47 Å². The predicted molar refractivity (Wildman–Crippen MR) is 82.3 cm³/mol. The van der Waals surface area contributed by atoms with Crippen molar-refractivity contribution in [3.05, 3.63) is 23.0 Å². The van der Waals surface area contributed by atoms with E-state index in [1.54, 1.807) is 0 Å². The largest absolute Gasteiger partial charge is 0.382 e. The van der Waals surface area contributed by atoms with Crippen LogP contribution >= 0.6 is 11.5 Å². The summed E-state index contributed by atoms with van der Waals surface area (Å²) in [5.74, 6) is 0.137. The number of carbonyl (C=O) groups is 1. The lowest BCUT2D eigenvalue weighted by Crippen LogP contribution is -2.26. The van der Waals surface area contributed by atoms with Gasteiger partial charge in [0.05, 0.1) is 6.20 Å². The number of carbonyl (C=O) groups excluding carboxylic acids is 1. The van der Waals surface area contributed by atoms with Crippen LogP contribution in [0.5, 0.6) is 0 Å². The normalized spacial score (nSPS) is 14.2. The Morgan fingerprint density at radius 2 is 2.33 bits per heavy atom. The molecule has 3 rings (SSSR count). The van der Waals surface area contributed by atoms with Gasteiger partial charge in [0.1, 0.15) is 10.6 Å². The Kier molecular flexibility index (Phi) is 3.54. The highest BCUT2D eigenvalue weighted by Crippen LogP contribution is 2.29. The van der Waals surface area contributed by atoms with Crippen molar-refractivity contribution in [1.29, 1.82) is 0 Å². The van der Waals surface area contributed by atoms with Crippen molar-refractivity contribution in [1.82, 2.24) is 19.5 Å². The van der Waals surface area contributed by atoms with Gasteiger partial charge in [0.15, 0.2) is 5.82 Å². The minimum Gasteiger partial charge on any atom is -0.382 e. The van der Waals surface area contributed by atoms with Crippen LogP contribution in [0.15, 0.2) is 6.20 Å². The van der Waals surface area contributed by atoms with Crippen molar-refractivity contribution in [3.8, 4) is 0 Å². The Bertz CT molecular complexity index is 672. The summed E-state index contributed by atoms with van der Waals surface area (Å²) in [6, 6.07) is 0.296. The number of amides is 1. The molecule has 0 radical (unpaired) electrons. The van der Waals surface area contributed by atoms with E-state index in [1.807, 2.05) is 24.9 Å². The van der Waals surface area contributed by atoms with Crippen molar-refractivity contribution in [2.24, 2.45) is 7.05 Å². The quantitative estimate of drug-likeness (QED) is 0.773. The fourth-order valence-corrected chi connectivity index (χ4v) is 2.73. The lowest BCUT2D eigenvalue weighted by molar-refractivity contribution is 0.0953. The molecule has 0 aromatic carbocycles. The van der Waals surface area contributed by atoms with Crippen LogP contribution in [0.1, 0.15) is 34.5 Å². The number of nitrogens with two attached hydrogens (primary N) is 1. The van der Waals surface area contributed by atoms with Gasteiger partial charge in [-0.3, -0.25) is 9.48 Å². The van der Waals surface area contributed by atoms with Crippen LogP contribution in [-0.2, 0) is 13.6 Å². The minimum absolute atomic E-state index is 0.144. The predicted octanol–water partition coefficient (Wildman–Crippen LogP) is 1.27. The van der Waals surface area contributed by atoms with Gasteiger partial charge < -0.3 is 16.4 Å². The first-order chi connectivity index (χ1) is 10.1. The van der Waals surface area contributed by atoms with Crippen molar-refractivity contribution in [3.63, 3.8) is 0 Å². The summed E-state index contributed by atoms with van der Waals surface area (Å²) >= 11 is 1.21. The number of nitrogen functional groups attached to an aromatic ring is 1. The van der Waals surface area contributed by atoms with E-state index in [1.165, 1.54) is 11.5 Å². The maximum Gasteiger partial charge on any atom is 0.258 e. The first-order valence-electron chi connectivity index (χ1n) is 6.83. The number of nitrogens with zero attached hydrogens (tertiary/aromatic N) is 3. The molecule has 1 saturated carbocycles. The summed E-state index contributed by atoms with van der Waals surface area (Å²) in [5.41, 5.74) is 8.44. The molecular formula is C13H18N6OS. The number of hydrogen-bond acceptors (Lipinski definition) is 6. The number of hydrogen-bond donors (Lipinski definition) is 3. The highest BCUT2D eigenvalue weighted by atomic mass is 32.1. The van der Waals surface area contributed by atoms with Gasteiger partial charge in [-0.1, -0.05) is 0 Å². The molecule has 7 nitrogen and oxygen atoms in total. The van der Waals surface area contributed by atoms with Gasteiger partial charge in [0, 0.05) is 30.9 Å². The smallest absolute Gasteiger partial charge is 0.258 e. The zero-order valence-corrected chi connectivity index (χ0v) is 12.8. The average molecular weight is 306 g/mol. The second-order valence-electron chi connectivity index (χ2n) is 5.25. The Morgan fingerprint density at radius 1 is 1.57 bits per heavy atom. The Labute approximate surface area is 126 Å². The highest BCUT2D eigenvalue weighted by molar-refractivity contribution is 7.11. The molecule has 2 aromatic rings. The molecule has 1 aliphatic rings. The number of rotatable bonds is 5. The fraction of sp³-hybridized carbons (Fsp3) is 0.462. The van der Waals surface area contributed by atoms with Crippen molar-refractivity contribution in [2.45, 2.75) is 32.4 Å². The van der Waals surface area contributed by atoms with Crippen LogP contribution in [0, 0.1) is 6.92 Å². The zero-order chi connectivity index (χ0) is 15.0. The second kappa shape index (κ2) is 5.36. The van der Waals surface area contributed by atoms with Crippen LogP contribution in [0.3, 0.4) is 0 Å². The third kappa shape index (κ3) is 2.85. The molecule has 112 valence electrons. The van der Waals surface area contributed by atoms with E-state index in [-0.39, 0.29) is 11.7 Å².